The molecule has 0 saturated carbocycles. The van der Waals surface area contributed by atoms with Gasteiger partial charge in [0.2, 0.25) is 0 Å². The van der Waals surface area contributed by atoms with Gasteiger partial charge in [-0.15, -0.1) is 0 Å². The van der Waals surface area contributed by atoms with Crippen molar-refractivity contribution in [3.63, 3.8) is 0 Å². The van der Waals surface area contributed by atoms with Crippen LogP contribution in [0.4, 0.5) is 19.7 Å². The van der Waals surface area contributed by atoms with Crippen LogP contribution in [-0.4, -0.2) is 47.2 Å². The van der Waals surface area contributed by atoms with Crippen molar-refractivity contribution in [3.05, 3.63) is 66.0 Å². The molecule has 3 amide bonds. The summed E-state index contributed by atoms with van der Waals surface area (Å²) in [6.45, 7) is 2.01. The Kier molecular flexibility index (Phi) is 4.90. The van der Waals surface area contributed by atoms with Crippen LogP contribution in [0.2, 0.25) is 0 Å². The van der Waals surface area contributed by atoms with Gasteiger partial charge in [-0.3, -0.25) is 4.90 Å². The van der Waals surface area contributed by atoms with E-state index in [1.165, 1.54) is 12.1 Å². The summed E-state index contributed by atoms with van der Waals surface area (Å²) < 4.78 is 19.0. The first-order chi connectivity index (χ1) is 13.5. The highest BCUT2D eigenvalue weighted by atomic mass is 19.1. The summed E-state index contributed by atoms with van der Waals surface area (Å²) in [6.07, 6.45) is 0.864. The minimum atomic E-state index is -0.540. The van der Waals surface area contributed by atoms with E-state index in [9.17, 15) is 14.0 Å². The van der Waals surface area contributed by atoms with E-state index in [0.29, 0.717) is 44.7 Å². The highest BCUT2D eigenvalue weighted by Crippen LogP contribution is 2.34. The molecule has 1 spiro atoms. The molecule has 28 heavy (non-hydrogen) atoms. The van der Waals surface area contributed by atoms with Gasteiger partial charge in [-0.2, -0.15) is 0 Å². The lowest BCUT2D eigenvalue weighted by atomic mass is 9.91. The molecule has 2 fully saturated rings. The number of hydrogen-bond acceptors (Lipinski definition) is 3. The van der Waals surface area contributed by atoms with Crippen molar-refractivity contribution in [1.82, 2.24) is 9.80 Å². The molecule has 2 aromatic rings. The van der Waals surface area contributed by atoms with E-state index in [0.717, 1.165) is 5.56 Å². The first kappa shape index (κ1) is 18.3. The highest BCUT2D eigenvalue weighted by molar-refractivity contribution is 5.89. The average Bonchev–Trinajstić information content (AvgIpc) is 2.98. The number of ether oxygens (including phenoxy) is 1. The maximum absolute atomic E-state index is 13.3. The fourth-order valence-corrected chi connectivity index (χ4v) is 3.76. The highest BCUT2D eigenvalue weighted by Gasteiger charge is 2.47. The Morgan fingerprint density at radius 1 is 1.11 bits per heavy atom. The van der Waals surface area contributed by atoms with Crippen LogP contribution in [0.5, 0.6) is 0 Å². The predicted octanol–water partition coefficient (Wildman–Crippen LogP) is 3.84. The minimum absolute atomic E-state index is 0.272. The van der Waals surface area contributed by atoms with Crippen LogP contribution in [-0.2, 0) is 11.3 Å². The van der Waals surface area contributed by atoms with Gasteiger partial charge in [0.1, 0.15) is 11.4 Å². The molecule has 7 heteroatoms. The molecule has 2 aromatic carbocycles. The van der Waals surface area contributed by atoms with E-state index in [-0.39, 0.29) is 12.1 Å². The van der Waals surface area contributed by atoms with Crippen molar-refractivity contribution in [2.45, 2.75) is 25.0 Å². The molecule has 2 aliphatic heterocycles. The Hall–Kier alpha value is -3.09. The first-order valence-corrected chi connectivity index (χ1v) is 9.36. The van der Waals surface area contributed by atoms with Gasteiger partial charge in [-0.05, 0) is 23.8 Å². The second-order valence-electron chi connectivity index (χ2n) is 7.32. The number of nitrogens with zero attached hydrogens (tertiary/aromatic N) is 2. The largest absolute Gasteiger partial charge is 0.441 e. The number of likely N-dealkylation sites (tertiary alicyclic amines) is 1. The third kappa shape index (κ3) is 3.93. The van der Waals surface area contributed by atoms with Crippen LogP contribution >= 0.6 is 0 Å². The smallest absolute Gasteiger partial charge is 0.410 e. The number of anilines is 1. The van der Waals surface area contributed by atoms with Gasteiger partial charge >= 0.3 is 12.1 Å². The number of benzene rings is 2. The molecule has 0 aliphatic carbocycles. The van der Waals surface area contributed by atoms with Gasteiger partial charge in [-0.25, -0.2) is 14.0 Å². The Morgan fingerprint density at radius 2 is 1.86 bits per heavy atom. The number of halogens is 1. The third-order valence-electron chi connectivity index (χ3n) is 5.30. The molecule has 146 valence electrons. The maximum Gasteiger partial charge on any atom is 0.410 e. The van der Waals surface area contributed by atoms with Crippen molar-refractivity contribution < 1.29 is 18.7 Å². The lowest BCUT2D eigenvalue weighted by Gasteiger charge is -2.37. The summed E-state index contributed by atoms with van der Waals surface area (Å²) in [5.74, 6) is -0.397. The third-order valence-corrected chi connectivity index (χ3v) is 5.30. The normalized spacial score (nSPS) is 18.2. The Bertz CT molecular complexity index is 866. The molecule has 6 nitrogen and oxygen atoms in total. The summed E-state index contributed by atoms with van der Waals surface area (Å²) in [5, 5.41) is 2.71. The molecular weight excluding hydrogens is 361 g/mol. The summed E-state index contributed by atoms with van der Waals surface area (Å²) in [6, 6.07) is 15.3. The number of hydrogen-bond donors (Lipinski definition) is 1. The van der Waals surface area contributed by atoms with Gasteiger partial charge in [0, 0.05) is 38.2 Å². The van der Waals surface area contributed by atoms with Crippen molar-refractivity contribution in [2.24, 2.45) is 0 Å². The van der Waals surface area contributed by atoms with Crippen molar-refractivity contribution in [2.75, 3.05) is 25.0 Å². The lowest BCUT2D eigenvalue weighted by molar-refractivity contribution is 0.0109. The van der Waals surface area contributed by atoms with Crippen LogP contribution < -0.4 is 5.32 Å². The number of urea groups is 1. The van der Waals surface area contributed by atoms with Gasteiger partial charge in [0.15, 0.2) is 0 Å². The first-order valence-electron chi connectivity index (χ1n) is 9.36. The number of amides is 3. The zero-order valence-electron chi connectivity index (χ0n) is 15.4. The Morgan fingerprint density at radius 3 is 2.57 bits per heavy atom. The molecule has 0 bridgehead atoms. The number of carbonyl (C=O) groups is 2. The van der Waals surface area contributed by atoms with Crippen LogP contribution in [0.25, 0.3) is 0 Å². The topological polar surface area (TPSA) is 61.9 Å². The second kappa shape index (κ2) is 7.50. The van der Waals surface area contributed by atoms with Crippen molar-refractivity contribution >= 4 is 17.8 Å². The number of rotatable bonds is 3. The number of piperidine rings is 1. The van der Waals surface area contributed by atoms with Gasteiger partial charge in [0.05, 0.1) is 6.54 Å². The van der Waals surface area contributed by atoms with Crippen LogP contribution in [0, 0.1) is 5.82 Å². The van der Waals surface area contributed by atoms with E-state index in [1.54, 1.807) is 21.9 Å². The summed E-state index contributed by atoms with van der Waals surface area (Å²) >= 11 is 0. The molecule has 2 aliphatic rings. The monoisotopic (exact) mass is 383 g/mol. The van der Waals surface area contributed by atoms with Gasteiger partial charge < -0.3 is 15.0 Å². The molecular formula is C21H22FN3O3. The standard InChI is InChI=1S/C21H22FN3O3/c22-17-7-4-8-18(13-17)23-19(26)24-11-9-21(10-12-24)15-25(20(27)28-21)14-16-5-2-1-3-6-16/h1-8,13H,9-12,14-15H2,(H,23,26). The van der Waals surface area contributed by atoms with E-state index >= 15 is 0 Å². The van der Waals surface area contributed by atoms with Gasteiger partial charge in [-0.1, -0.05) is 36.4 Å². The predicted molar refractivity (Wildman–Crippen MR) is 102 cm³/mol. The van der Waals surface area contributed by atoms with Crippen LogP contribution in [0.3, 0.4) is 0 Å². The summed E-state index contributed by atoms with van der Waals surface area (Å²) in [7, 11) is 0. The second-order valence-corrected chi connectivity index (χ2v) is 7.32. The fourth-order valence-electron chi connectivity index (χ4n) is 3.76. The molecule has 0 unspecified atom stereocenters. The molecule has 2 heterocycles. The summed E-state index contributed by atoms with van der Waals surface area (Å²) in [5.41, 5.74) is 0.941. The summed E-state index contributed by atoms with van der Waals surface area (Å²) in [4.78, 5) is 28.1. The molecule has 1 N–H and O–H groups in total. The Balaban J connectivity index is 1.33. The number of nitrogens with one attached hydrogen (secondary N) is 1. The quantitative estimate of drug-likeness (QED) is 0.876. The minimum Gasteiger partial charge on any atom is -0.441 e. The Labute approximate surface area is 162 Å². The molecule has 0 atom stereocenters. The van der Waals surface area contributed by atoms with E-state index in [2.05, 4.69) is 5.32 Å². The molecule has 0 aromatic heterocycles. The van der Waals surface area contributed by atoms with Crippen LogP contribution in [0.15, 0.2) is 54.6 Å². The van der Waals surface area contributed by atoms with Crippen molar-refractivity contribution in [3.8, 4) is 0 Å². The zero-order valence-corrected chi connectivity index (χ0v) is 15.4. The van der Waals surface area contributed by atoms with Crippen LogP contribution in [0.1, 0.15) is 18.4 Å². The fraction of sp³-hybridized carbons (Fsp3) is 0.333. The SMILES string of the molecule is O=C(Nc1cccc(F)c1)N1CCC2(CC1)CN(Cc1ccccc1)C(=O)O2. The molecule has 4 rings (SSSR count). The number of carbonyl (C=O) groups excluding carboxylic acids is 2. The van der Waals surface area contributed by atoms with Gasteiger partial charge in [0.25, 0.3) is 0 Å². The lowest BCUT2D eigenvalue weighted by Crippen LogP contribution is -2.49. The average molecular weight is 383 g/mol. The van der Waals surface area contributed by atoms with E-state index < -0.39 is 11.4 Å². The van der Waals surface area contributed by atoms with E-state index in [4.69, 9.17) is 4.74 Å². The van der Waals surface area contributed by atoms with Crippen molar-refractivity contribution in [1.29, 1.82) is 0 Å². The molecule has 2 saturated heterocycles. The van der Waals surface area contributed by atoms with E-state index in [1.807, 2.05) is 30.3 Å². The zero-order chi connectivity index (χ0) is 19.6. The maximum atomic E-state index is 13.3. The molecule has 0 radical (unpaired) electrons.